The third-order valence-electron chi connectivity index (χ3n) is 4.25. The van der Waals surface area contributed by atoms with E-state index in [4.69, 9.17) is 16.3 Å². The van der Waals surface area contributed by atoms with Crippen LogP contribution >= 0.6 is 11.6 Å². The normalized spacial score (nSPS) is 21.8. The van der Waals surface area contributed by atoms with E-state index in [2.05, 4.69) is 15.6 Å². The van der Waals surface area contributed by atoms with Crippen molar-refractivity contribution in [3.05, 3.63) is 61.9 Å². The molecular weight excluding hydrogens is 376 g/mol. The molecule has 0 spiro atoms. The Hall–Kier alpha value is -2.62. The van der Waals surface area contributed by atoms with Crippen molar-refractivity contribution >= 4 is 23.3 Å². The summed E-state index contributed by atoms with van der Waals surface area (Å²) in [6.45, 7) is 1.60. The van der Waals surface area contributed by atoms with Gasteiger partial charge in [0.1, 0.15) is 12.3 Å². The number of aromatic amines is 1. The average molecular weight is 395 g/mol. The van der Waals surface area contributed by atoms with Gasteiger partial charge < -0.3 is 20.5 Å². The van der Waals surface area contributed by atoms with Gasteiger partial charge in [0.25, 0.3) is 5.56 Å². The first-order valence-corrected chi connectivity index (χ1v) is 8.68. The molecule has 144 valence electrons. The number of H-pyrrole nitrogens is 1. The number of benzene rings is 1. The van der Waals surface area contributed by atoms with Gasteiger partial charge in [0, 0.05) is 24.7 Å². The number of nitrogens with zero attached hydrogens (tertiary/aromatic N) is 1. The lowest BCUT2D eigenvalue weighted by Crippen LogP contribution is -2.39. The van der Waals surface area contributed by atoms with Gasteiger partial charge in [-0.1, -0.05) is 23.7 Å². The number of aliphatic hydroxyl groups excluding tert-OH is 1. The number of nitrogens with one attached hydrogen (secondary N) is 3. The van der Waals surface area contributed by atoms with Crippen LogP contribution in [0.5, 0.6) is 0 Å². The second kappa shape index (κ2) is 7.95. The summed E-state index contributed by atoms with van der Waals surface area (Å²) in [7, 11) is 0. The molecule has 0 bridgehead atoms. The molecule has 0 aliphatic carbocycles. The number of urea groups is 1. The SMILES string of the molecule is Cc1cn([C@H]2C[C@H](O)[C@@H](CNC(=O)Nc3ccccc3Cl)O2)c(=O)[nH]c1=O. The van der Waals surface area contributed by atoms with Crippen LogP contribution in [0.4, 0.5) is 10.5 Å². The minimum atomic E-state index is -0.880. The summed E-state index contributed by atoms with van der Waals surface area (Å²) in [5.74, 6) is 0. The van der Waals surface area contributed by atoms with E-state index >= 15 is 0 Å². The fourth-order valence-electron chi connectivity index (χ4n) is 2.79. The van der Waals surface area contributed by atoms with Crippen LogP contribution in [-0.4, -0.2) is 39.4 Å². The van der Waals surface area contributed by atoms with Crippen molar-refractivity contribution in [3.63, 3.8) is 0 Å². The third kappa shape index (κ3) is 4.38. The quantitative estimate of drug-likeness (QED) is 0.614. The summed E-state index contributed by atoms with van der Waals surface area (Å²) in [4.78, 5) is 37.6. The van der Waals surface area contributed by atoms with Crippen molar-refractivity contribution in [1.29, 1.82) is 0 Å². The van der Waals surface area contributed by atoms with Crippen molar-refractivity contribution in [1.82, 2.24) is 14.9 Å². The number of rotatable bonds is 4. The number of carbonyl (C=O) groups excluding carboxylic acids is 1. The minimum Gasteiger partial charge on any atom is -0.390 e. The fourth-order valence-corrected chi connectivity index (χ4v) is 2.98. The van der Waals surface area contributed by atoms with Crippen LogP contribution in [0.25, 0.3) is 0 Å². The molecule has 2 heterocycles. The topological polar surface area (TPSA) is 125 Å². The molecule has 9 nitrogen and oxygen atoms in total. The Balaban J connectivity index is 1.60. The van der Waals surface area contributed by atoms with Crippen LogP contribution in [0.2, 0.25) is 5.02 Å². The van der Waals surface area contributed by atoms with Gasteiger partial charge in [-0.15, -0.1) is 0 Å². The van der Waals surface area contributed by atoms with Crippen molar-refractivity contribution < 1.29 is 14.6 Å². The van der Waals surface area contributed by atoms with Gasteiger partial charge in [-0.2, -0.15) is 0 Å². The molecule has 1 fully saturated rings. The van der Waals surface area contributed by atoms with Crippen molar-refractivity contribution in [2.75, 3.05) is 11.9 Å². The highest BCUT2D eigenvalue weighted by atomic mass is 35.5. The van der Waals surface area contributed by atoms with Gasteiger partial charge in [-0.3, -0.25) is 14.3 Å². The van der Waals surface area contributed by atoms with E-state index in [-0.39, 0.29) is 13.0 Å². The Morgan fingerprint density at radius 3 is 2.89 bits per heavy atom. The lowest BCUT2D eigenvalue weighted by atomic mass is 10.2. The Bertz CT molecular complexity index is 957. The van der Waals surface area contributed by atoms with Crippen LogP contribution in [0.15, 0.2) is 40.1 Å². The molecule has 3 rings (SSSR count). The summed E-state index contributed by atoms with van der Waals surface area (Å²) in [6.07, 6.45) is -0.773. The van der Waals surface area contributed by atoms with E-state index < -0.39 is 35.7 Å². The number of hydrogen-bond donors (Lipinski definition) is 4. The van der Waals surface area contributed by atoms with Crippen molar-refractivity contribution in [2.24, 2.45) is 0 Å². The number of carbonyl (C=O) groups is 1. The molecule has 10 heteroatoms. The number of ether oxygens (including phenoxy) is 1. The lowest BCUT2D eigenvalue weighted by molar-refractivity contribution is -0.0178. The molecule has 1 saturated heterocycles. The molecule has 3 atom stereocenters. The molecule has 1 aliphatic rings. The molecule has 4 N–H and O–H groups in total. The smallest absolute Gasteiger partial charge is 0.330 e. The summed E-state index contributed by atoms with van der Waals surface area (Å²) in [5.41, 5.74) is -0.275. The number of para-hydroxylation sites is 1. The molecule has 0 saturated carbocycles. The highest BCUT2D eigenvalue weighted by molar-refractivity contribution is 6.33. The van der Waals surface area contributed by atoms with E-state index in [1.54, 1.807) is 31.2 Å². The standard InChI is InChI=1S/C17H19ClN4O5/c1-9-8-22(17(26)21-15(9)24)14-6-12(23)13(27-14)7-19-16(25)20-11-5-3-2-4-10(11)18/h2-5,8,12-14,23H,6-7H2,1H3,(H2,19,20,25)(H,21,24,26)/t12-,13+,14+/m0/s1. The third-order valence-corrected chi connectivity index (χ3v) is 4.58. The summed E-state index contributed by atoms with van der Waals surface area (Å²) < 4.78 is 6.91. The molecule has 2 amide bonds. The Morgan fingerprint density at radius 1 is 1.41 bits per heavy atom. The maximum atomic E-state index is 12.0. The first-order chi connectivity index (χ1) is 12.8. The second-order valence-electron chi connectivity index (χ2n) is 6.23. The highest BCUT2D eigenvalue weighted by Gasteiger charge is 2.35. The number of aliphatic hydroxyl groups is 1. The van der Waals surface area contributed by atoms with Crippen molar-refractivity contribution in [2.45, 2.75) is 31.8 Å². The van der Waals surface area contributed by atoms with E-state index in [0.29, 0.717) is 16.3 Å². The number of amides is 2. The van der Waals surface area contributed by atoms with Crippen LogP contribution in [0.3, 0.4) is 0 Å². The molecule has 1 aromatic heterocycles. The Morgan fingerprint density at radius 2 is 2.15 bits per heavy atom. The number of halogens is 1. The largest absolute Gasteiger partial charge is 0.390 e. The Kier molecular flexibility index (Phi) is 5.64. The van der Waals surface area contributed by atoms with Gasteiger partial charge >= 0.3 is 11.7 Å². The zero-order chi connectivity index (χ0) is 19.6. The van der Waals surface area contributed by atoms with E-state index in [0.717, 1.165) is 0 Å². The monoisotopic (exact) mass is 394 g/mol. The maximum absolute atomic E-state index is 12.0. The van der Waals surface area contributed by atoms with Crippen LogP contribution < -0.4 is 21.9 Å². The molecule has 2 aromatic rings. The number of aryl methyl sites for hydroxylation is 1. The number of hydrogen-bond acceptors (Lipinski definition) is 5. The zero-order valence-electron chi connectivity index (χ0n) is 14.4. The molecule has 0 radical (unpaired) electrons. The second-order valence-corrected chi connectivity index (χ2v) is 6.63. The fraction of sp³-hybridized carbons (Fsp3) is 0.353. The predicted octanol–water partition coefficient (Wildman–Crippen LogP) is 0.969. The minimum absolute atomic E-state index is 0.0328. The summed E-state index contributed by atoms with van der Waals surface area (Å²) in [5, 5.41) is 15.8. The maximum Gasteiger partial charge on any atom is 0.330 e. The van der Waals surface area contributed by atoms with Gasteiger partial charge in [-0.05, 0) is 19.1 Å². The predicted molar refractivity (Wildman–Crippen MR) is 99.1 cm³/mol. The van der Waals surface area contributed by atoms with E-state index in [1.807, 2.05) is 0 Å². The number of aromatic nitrogens is 2. The van der Waals surface area contributed by atoms with Crippen LogP contribution in [-0.2, 0) is 4.74 Å². The molecule has 1 aromatic carbocycles. The molecule has 1 aliphatic heterocycles. The lowest BCUT2D eigenvalue weighted by Gasteiger charge is -2.17. The summed E-state index contributed by atoms with van der Waals surface area (Å²) >= 11 is 5.98. The first kappa shape index (κ1) is 19.2. The molecular formula is C17H19ClN4O5. The van der Waals surface area contributed by atoms with Crippen molar-refractivity contribution in [3.8, 4) is 0 Å². The Labute approximate surface area is 158 Å². The van der Waals surface area contributed by atoms with E-state index in [9.17, 15) is 19.5 Å². The number of anilines is 1. The van der Waals surface area contributed by atoms with Gasteiger partial charge in [0.15, 0.2) is 0 Å². The molecule has 27 heavy (non-hydrogen) atoms. The van der Waals surface area contributed by atoms with E-state index in [1.165, 1.54) is 10.8 Å². The van der Waals surface area contributed by atoms with Gasteiger partial charge in [0.05, 0.1) is 16.8 Å². The zero-order valence-corrected chi connectivity index (χ0v) is 15.2. The van der Waals surface area contributed by atoms with Gasteiger partial charge in [0.2, 0.25) is 0 Å². The first-order valence-electron chi connectivity index (χ1n) is 8.30. The van der Waals surface area contributed by atoms with Crippen LogP contribution in [0.1, 0.15) is 18.2 Å². The van der Waals surface area contributed by atoms with Crippen LogP contribution in [0, 0.1) is 6.92 Å². The average Bonchev–Trinajstić information content (AvgIpc) is 2.99. The summed E-state index contributed by atoms with van der Waals surface area (Å²) in [6, 6.07) is 6.29. The molecule has 0 unspecified atom stereocenters. The highest BCUT2D eigenvalue weighted by Crippen LogP contribution is 2.27. The van der Waals surface area contributed by atoms with Gasteiger partial charge in [-0.25, -0.2) is 9.59 Å².